The predicted octanol–water partition coefficient (Wildman–Crippen LogP) is 5.98. The summed E-state index contributed by atoms with van der Waals surface area (Å²) in [5.74, 6) is 0.535. The van der Waals surface area contributed by atoms with Gasteiger partial charge in [0.25, 0.3) is 0 Å². The van der Waals surface area contributed by atoms with Gasteiger partial charge in [-0.25, -0.2) is 9.98 Å². The third kappa shape index (κ3) is 7.50. The van der Waals surface area contributed by atoms with Gasteiger partial charge in [0, 0.05) is 12.2 Å². The monoisotopic (exact) mass is 536 g/mol. The molecular formula is C31H44N4O4. The minimum Gasteiger partial charge on any atom is -0.477 e. The molecule has 212 valence electrons. The van der Waals surface area contributed by atoms with Gasteiger partial charge in [-0.1, -0.05) is 44.7 Å². The molecule has 1 heterocycles. The molecule has 2 saturated carbocycles. The van der Waals surface area contributed by atoms with E-state index in [2.05, 4.69) is 17.2 Å². The summed E-state index contributed by atoms with van der Waals surface area (Å²) in [6, 6.07) is 9.90. The molecule has 0 atom stereocenters. The van der Waals surface area contributed by atoms with Crippen molar-refractivity contribution in [3.63, 3.8) is 0 Å². The fraction of sp³-hybridized carbons (Fsp3) is 0.581. The van der Waals surface area contributed by atoms with Crippen LogP contribution in [0.2, 0.25) is 0 Å². The number of amidine groups is 1. The number of pyridine rings is 1. The summed E-state index contributed by atoms with van der Waals surface area (Å²) in [6.45, 7) is 4.90. The zero-order valence-electron chi connectivity index (χ0n) is 23.5. The third-order valence-electron chi connectivity index (χ3n) is 7.96. The van der Waals surface area contributed by atoms with Gasteiger partial charge >= 0.3 is 5.97 Å². The summed E-state index contributed by atoms with van der Waals surface area (Å²) in [5, 5.41) is 15.0. The first-order chi connectivity index (χ1) is 18.9. The van der Waals surface area contributed by atoms with E-state index in [1.807, 2.05) is 37.3 Å². The SMILES string of the molecule is CCCCOc1nccc(NC2CCCCC2)c1C(N)=Nc1ccc(C2(O)CCC(C(=O)OCC)CC2)cc1. The molecule has 39 heavy (non-hydrogen) atoms. The molecule has 8 nitrogen and oxygen atoms in total. The van der Waals surface area contributed by atoms with Crippen LogP contribution in [0.4, 0.5) is 11.4 Å². The lowest BCUT2D eigenvalue weighted by molar-refractivity contribution is -0.151. The Balaban J connectivity index is 1.52. The Morgan fingerprint density at radius 3 is 2.49 bits per heavy atom. The number of ether oxygens (including phenoxy) is 2. The maximum atomic E-state index is 12.1. The van der Waals surface area contributed by atoms with Crippen molar-refractivity contribution in [3.05, 3.63) is 47.7 Å². The van der Waals surface area contributed by atoms with Crippen LogP contribution in [0.1, 0.15) is 95.6 Å². The van der Waals surface area contributed by atoms with E-state index in [-0.39, 0.29) is 11.9 Å². The molecule has 4 rings (SSSR count). The number of anilines is 1. The number of carbonyl (C=O) groups is 1. The molecule has 0 bridgehead atoms. The Labute approximate surface area is 232 Å². The van der Waals surface area contributed by atoms with Gasteiger partial charge in [0.05, 0.1) is 36.1 Å². The van der Waals surface area contributed by atoms with Gasteiger partial charge in [-0.3, -0.25) is 4.79 Å². The number of nitrogens with one attached hydrogen (secondary N) is 1. The summed E-state index contributed by atoms with van der Waals surface area (Å²) >= 11 is 0. The van der Waals surface area contributed by atoms with Crippen molar-refractivity contribution in [2.24, 2.45) is 16.6 Å². The molecule has 2 fully saturated rings. The van der Waals surface area contributed by atoms with Crippen LogP contribution in [0, 0.1) is 5.92 Å². The first-order valence-electron chi connectivity index (χ1n) is 14.7. The summed E-state index contributed by atoms with van der Waals surface area (Å²) < 4.78 is 11.2. The van der Waals surface area contributed by atoms with E-state index in [4.69, 9.17) is 20.2 Å². The van der Waals surface area contributed by atoms with Gasteiger partial charge in [-0.2, -0.15) is 0 Å². The van der Waals surface area contributed by atoms with Crippen LogP contribution in [0.25, 0.3) is 0 Å². The van der Waals surface area contributed by atoms with Gasteiger partial charge in [-0.05, 0) is 75.6 Å². The topological polar surface area (TPSA) is 119 Å². The summed E-state index contributed by atoms with van der Waals surface area (Å²) in [7, 11) is 0. The molecule has 0 unspecified atom stereocenters. The average molecular weight is 537 g/mol. The van der Waals surface area contributed by atoms with Crippen molar-refractivity contribution < 1.29 is 19.4 Å². The normalized spacial score (nSPS) is 22.3. The van der Waals surface area contributed by atoms with Gasteiger partial charge in [0.15, 0.2) is 0 Å². The predicted molar refractivity (Wildman–Crippen MR) is 154 cm³/mol. The lowest BCUT2D eigenvalue weighted by atomic mass is 9.75. The van der Waals surface area contributed by atoms with Crippen molar-refractivity contribution in [2.75, 3.05) is 18.5 Å². The number of hydrogen-bond acceptors (Lipinski definition) is 7. The van der Waals surface area contributed by atoms with Crippen LogP contribution in [-0.4, -0.2) is 41.2 Å². The van der Waals surface area contributed by atoms with Gasteiger partial charge < -0.3 is 25.6 Å². The molecule has 1 aromatic heterocycles. The minimum absolute atomic E-state index is 0.140. The lowest BCUT2D eigenvalue weighted by Gasteiger charge is -2.35. The molecule has 2 aromatic rings. The largest absolute Gasteiger partial charge is 0.477 e. The van der Waals surface area contributed by atoms with Crippen LogP contribution in [0.15, 0.2) is 41.5 Å². The highest BCUT2D eigenvalue weighted by molar-refractivity contribution is 6.05. The van der Waals surface area contributed by atoms with E-state index < -0.39 is 5.60 Å². The average Bonchev–Trinajstić information content (AvgIpc) is 2.95. The highest BCUT2D eigenvalue weighted by atomic mass is 16.5. The smallest absolute Gasteiger partial charge is 0.308 e. The van der Waals surface area contributed by atoms with Crippen LogP contribution in [0.3, 0.4) is 0 Å². The Hall–Kier alpha value is -3.13. The van der Waals surface area contributed by atoms with E-state index in [1.54, 1.807) is 6.20 Å². The highest BCUT2D eigenvalue weighted by Crippen LogP contribution is 2.40. The summed E-state index contributed by atoms with van der Waals surface area (Å²) in [4.78, 5) is 21.3. The molecule has 0 spiro atoms. The number of aliphatic imine (C=N–C) groups is 1. The molecule has 2 aliphatic rings. The number of nitrogens with zero attached hydrogens (tertiary/aromatic N) is 2. The van der Waals surface area contributed by atoms with Crippen LogP contribution in [0.5, 0.6) is 5.88 Å². The Kier molecular flexibility index (Phi) is 10.2. The van der Waals surface area contributed by atoms with Gasteiger partial charge in [0.2, 0.25) is 5.88 Å². The second-order valence-corrected chi connectivity index (χ2v) is 10.8. The first-order valence-corrected chi connectivity index (χ1v) is 14.7. The number of aromatic nitrogens is 1. The molecule has 4 N–H and O–H groups in total. The zero-order chi connectivity index (χ0) is 27.7. The molecule has 8 heteroatoms. The fourth-order valence-corrected chi connectivity index (χ4v) is 5.62. The van der Waals surface area contributed by atoms with E-state index >= 15 is 0 Å². The number of rotatable bonds is 11. The summed E-state index contributed by atoms with van der Waals surface area (Å²) in [6.07, 6.45) is 12.0. The number of nitrogens with two attached hydrogens (primary N) is 1. The molecular weight excluding hydrogens is 492 g/mol. The highest BCUT2D eigenvalue weighted by Gasteiger charge is 2.37. The number of esters is 1. The maximum Gasteiger partial charge on any atom is 0.308 e. The number of hydrogen-bond donors (Lipinski definition) is 3. The van der Waals surface area contributed by atoms with Crippen molar-refractivity contribution in [3.8, 4) is 5.88 Å². The zero-order valence-corrected chi connectivity index (χ0v) is 23.5. The van der Waals surface area contributed by atoms with Gasteiger partial charge in [0.1, 0.15) is 11.4 Å². The van der Waals surface area contributed by atoms with Crippen LogP contribution < -0.4 is 15.8 Å². The second kappa shape index (κ2) is 13.8. The molecule has 0 aliphatic heterocycles. The molecule has 1 aromatic carbocycles. The van der Waals surface area contributed by atoms with Crippen molar-refractivity contribution in [2.45, 2.75) is 96.1 Å². The number of unbranched alkanes of at least 4 members (excludes halogenated alkanes) is 1. The molecule has 0 radical (unpaired) electrons. The van der Waals surface area contributed by atoms with E-state index in [1.165, 1.54) is 19.3 Å². The van der Waals surface area contributed by atoms with Crippen molar-refractivity contribution in [1.29, 1.82) is 0 Å². The first kappa shape index (κ1) is 28.9. The lowest BCUT2D eigenvalue weighted by Crippen LogP contribution is -2.34. The van der Waals surface area contributed by atoms with E-state index in [0.29, 0.717) is 67.9 Å². The molecule has 0 saturated heterocycles. The van der Waals surface area contributed by atoms with Crippen LogP contribution >= 0.6 is 0 Å². The Bertz CT molecular complexity index is 1100. The maximum absolute atomic E-state index is 12.1. The molecule has 2 aliphatic carbocycles. The van der Waals surface area contributed by atoms with Crippen LogP contribution in [-0.2, 0) is 15.1 Å². The quantitative estimate of drug-likeness (QED) is 0.140. The Morgan fingerprint density at radius 1 is 1.10 bits per heavy atom. The number of carbonyl (C=O) groups excluding carboxylic acids is 1. The molecule has 0 amide bonds. The third-order valence-corrected chi connectivity index (χ3v) is 7.96. The second-order valence-electron chi connectivity index (χ2n) is 10.8. The van der Waals surface area contributed by atoms with E-state index in [9.17, 15) is 9.90 Å². The van der Waals surface area contributed by atoms with Crippen molar-refractivity contribution >= 4 is 23.2 Å². The number of aliphatic hydroxyl groups is 1. The summed E-state index contributed by atoms with van der Waals surface area (Å²) in [5.41, 5.74) is 8.75. The Morgan fingerprint density at radius 2 is 1.82 bits per heavy atom. The van der Waals surface area contributed by atoms with E-state index in [0.717, 1.165) is 36.9 Å². The number of benzene rings is 1. The standard InChI is InChI=1S/C31H44N4O4/c1-3-5-21-39-29-27(26(17-20-33-29)34-24-9-7-6-8-10-24)28(32)35-25-13-11-23(12-14-25)31(37)18-15-22(16-19-31)30(36)38-4-2/h11-14,17,20,22,24,37H,3-10,15-16,18-19,21H2,1-2H3,(H2,32,35)(H,33,34). The fourth-order valence-electron chi connectivity index (χ4n) is 5.62. The van der Waals surface area contributed by atoms with Crippen molar-refractivity contribution in [1.82, 2.24) is 4.98 Å². The van der Waals surface area contributed by atoms with Gasteiger partial charge in [-0.15, -0.1) is 0 Å². The minimum atomic E-state index is -0.961.